The smallest absolute Gasteiger partial charge is 0.316 e. The molecule has 1 atom stereocenters. The molecule has 16 heavy (non-hydrogen) atoms. The number of rotatable bonds is 3. The summed E-state index contributed by atoms with van der Waals surface area (Å²) >= 11 is 1.37. The van der Waals surface area contributed by atoms with Crippen LogP contribution >= 0.6 is 11.8 Å². The van der Waals surface area contributed by atoms with Gasteiger partial charge in [0.1, 0.15) is 5.25 Å². The lowest BCUT2D eigenvalue weighted by atomic mass is 9.87. The van der Waals surface area contributed by atoms with Crippen LogP contribution in [-0.4, -0.2) is 16.3 Å². The molecule has 1 aromatic carbocycles. The maximum Gasteiger partial charge on any atom is 0.316 e. The molecule has 0 heterocycles. The molecule has 0 fully saturated rings. The third-order valence-corrected chi connectivity index (χ3v) is 3.48. The highest BCUT2D eigenvalue weighted by molar-refractivity contribution is 8.00. The number of aliphatic carboxylic acids is 1. The fourth-order valence-electron chi connectivity index (χ4n) is 1.29. The van der Waals surface area contributed by atoms with Crippen LogP contribution in [0.2, 0.25) is 0 Å². The topological polar surface area (TPSA) is 37.3 Å². The SMILES string of the molecule is C[C@H](Sc1ccc(C(C)(C)C)cc1)C(=O)O. The standard InChI is InChI=1S/C13H18O2S/c1-9(12(14)15)16-11-7-5-10(6-8-11)13(2,3)4/h5-9H,1-4H3,(H,14,15)/t9-/m0/s1. The predicted molar refractivity (Wildman–Crippen MR) is 68.1 cm³/mol. The van der Waals surface area contributed by atoms with E-state index >= 15 is 0 Å². The summed E-state index contributed by atoms with van der Waals surface area (Å²) in [4.78, 5) is 11.7. The number of hydrogen-bond acceptors (Lipinski definition) is 2. The summed E-state index contributed by atoms with van der Waals surface area (Å²) in [6.45, 7) is 8.18. The van der Waals surface area contributed by atoms with Gasteiger partial charge in [0.15, 0.2) is 0 Å². The van der Waals surface area contributed by atoms with E-state index in [9.17, 15) is 4.79 Å². The first kappa shape index (κ1) is 13.1. The molecule has 0 saturated carbocycles. The van der Waals surface area contributed by atoms with Crippen molar-refractivity contribution in [3.8, 4) is 0 Å². The van der Waals surface area contributed by atoms with Gasteiger partial charge in [0.2, 0.25) is 0 Å². The molecule has 0 aliphatic rings. The minimum atomic E-state index is -0.773. The van der Waals surface area contributed by atoms with Crippen LogP contribution in [0.15, 0.2) is 29.2 Å². The van der Waals surface area contributed by atoms with E-state index in [-0.39, 0.29) is 5.41 Å². The summed E-state index contributed by atoms with van der Waals surface area (Å²) in [5.74, 6) is -0.773. The lowest BCUT2D eigenvalue weighted by molar-refractivity contribution is -0.136. The average Bonchev–Trinajstić information content (AvgIpc) is 2.17. The summed E-state index contributed by atoms with van der Waals surface area (Å²) in [7, 11) is 0. The zero-order valence-electron chi connectivity index (χ0n) is 10.2. The highest BCUT2D eigenvalue weighted by Gasteiger charge is 2.15. The van der Waals surface area contributed by atoms with Crippen LogP contribution in [0.5, 0.6) is 0 Å². The van der Waals surface area contributed by atoms with Crippen molar-refractivity contribution in [2.75, 3.05) is 0 Å². The molecule has 88 valence electrons. The van der Waals surface area contributed by atoms with E-state index in [4.69, 9.17) is 5.11 Å². The molecular formula is C13H18O2S. The van der Waals surface area contributed by atoms with E-state index in [1.165, 1.54) is 17.3 Å². The van der Waals surface area contributed by atoms with Crippen molar-refractivity contribution >= 4 is 17.7 Å². The first-order chi connectivity index (χ1) is 7.30. The van der Waals surface area contributed by atoms with Gasteiger partial charge in [-0.1, -0.05) is 32.9 Å². The molecule has 2 nitrogen and oxygen atoms in total. The fraction of sp³-hybridized carbons (Fsp3) is 0.462. The van der Waals surface area contributed by atoms with Gasteiger partial charge >= 0.3 is 5.97 Å². The number of carbonyl (C=O) groups is 1. The van der Waals surface area contributed by atoms with Gasteiger partial charge in [-0.2, -0.15) is 0 Å². The molecule has 0 unspecified atom stereocenters. The summed E-state index contributed by atoms with van der Waals surface area (Å²) in [6, 6.07) is 8.11. The third kappa shape index (κ3) is 3.56. The van der Waals surface area contributed by atoms with E-state index in [1.807, 2.05) is 12.1 Å². The van der Waals surface area contributed by atoms with E-state index in [2.05, 4.69) is 32.9 Å². The lowest BCUT2D eigenvalue weighted by Gasteiger charge is -2.19. The Hall–Kier alpha value is -0.960. The van der Waals surface area contributed by atoms with E-state index in [0.717, 1.165) is 4.90 Å². The van der Waals surface area contributed by atoms with Gasteiger partial charge in [0.25, 0.3) is 0 Å². The minimum Gasteiger partial charge on any atom is -0.480 e. The van der Waals surface area contributed by atoms with Crippen LogP contribution in [0.3, 0.4) is 0 Å². The molecule has 0 amide bonds. The van der Waals surface area contributed by atoms with Gasteiger partial charge in [0, 0.05) is 4.90 Å². The second-order valence-corrected chi connectivity index (χ2v) is 6.29. The monoisotopic (exact) mass is 238 g/mol. The highest BCUT2D eigenvalue weighted by atomic mass is 32.2. The van der Waals surface area contributed by atoms with Crippen LogP contribution in [0.1, 0.15) is 33.3 Å². The molecule has 0 bridgehead atoms. The van der Waals surface area contributed by atoms with Crippen molar-refractivity contribution < 1.29 is 9.90 Å². The van der Waals surface area contributed by atoms with Gasteiger partial charge in [-0.15, -0.1) is 11.8 Å². The predicted octanol–water partition coefficient (Wildman–Crippen LogP) is 3.55. The summed E-state index contributed by atoms with van der Waals surface area (Å²) in [5.41, 5.74) is 1.40. The largest absolute Gasteiger partial charge is 0.480 e. The summed E-state index contributed by atoms with van der Waals surface area (Å²) < 4.78 is 0. The Morgan fingerprint density at radius 2 is 1.75 bits per heavy atom. The van der Waals surface area contributed by atoms with Crippen LogP contribution in [-0.2, 0) is 10.2 Å². The zero-order chi connectivity index (χ0) is 12.3. The molecule has 0 aromatic heterocycles. The van der Waals surface area contributed by atoms with Gasteiger partial charge in [-0.3, -0.25) is 4.79 Å². The van der Waals surface area contributed by atoms with Crippen LogP contribution in [0.25, 0.3) is 0 Å². The van der Waals surface area contributed by atoms with Crippen molar-refractivity contribution in [3.05, 3.63) is 29.8 Å². The van der Waals surface area contributed by atoms with Crippen molar-refractivity contribution in [3.63, 3.8) is 0 Å². The number of carboxylic acids is 1. The second-order valence-electron chi connectivity index (χ2n) is 4.87. The van der Waals surface area contributed by atoms with Crippen molar-refractivity contribution in [2.45, 2.75) is 43.3 Å². The summed E-state index contributed by atoms with van der Waals surface area (Å²) in [6.07, 6.45) is 0. The fourth-order valence-corrected chi connectivity index (χ4v) is 2.09. The van der Waals surface area contributed by atoms with Crippen LogP contribution in [0.4, 0.5) is 0 Å². The number of thioether (sulfide) groups is 1. The molecule has 0 aliphatic carbocycles. The van der Waals surface area contributed by atoms with Crippen molar-refractivity contribution in [2.24, 2.45) is 0 Å². The molecule has 0 spiro atoms. The van der Waals surface area contributed by atoms with Crippen molar-refractivity contribution in [1.29, 1.82) is 0 Å². The quantitative estimate of drug-likeness (QED) is 0.818. The number of benzene rings is 1. The first-order valence-electron chi connectivity index (χ1n) is 5.30. The molecule has 0 radical (unpaired) electrons. The third-order valence-electron chi connectivity index (χ3n) is 2.38. The minimum absolute atomic E-state index is 0.140. The Labute approximate surface area is 101 Å². The van der Waals surface area contributed by atoms with E-state index in [0.29, 0.717) is 0 Å². The molecule has 0 aliphatic heterocycles. The Kier molecular flexibility index (Phi) is 4.03. The molecule has 1 N–H and O–H groups in total. The molecule has 1 aromatic rings. The first-order valence-corrected chi connectivity index (χ1v) is 6.18. The van der Waals surface area contributed by atoms with Gasteiger partial charge in [-0.25, -0.2) is 0 Å². The lowest BCUT2D eigenvalue weighted by Crippen LogP contribution is -2.12. The van der Waals surface area contributed by atoms with Crippen LogP contribution in [0, 0.1) is 0 Å². The van der Waals surface area contributed by atoms with Gasteiger partial charge in [0.05, 0.1) is 0 Å². The van der Waals surface area contributed by atoms with Crippen LogP contribution < -0.4 is 0 Å². The average molecular weight is 238 g/mol. The number of hydrogen-bond donors (Lipinski definition) is 1. The molecular weight excluding hydrogens is 220 g/mol. The molecule has 3 heteroatoms. The van der Waals surface area contributed by atoms with E-state index in [1.54, 1.807) is 6.92 Å². The Morgan fingerprint density at radius 3 is 2.12 bits per heavy atom. The van der Waals surface area contributed by atoms with Crippen molar-refractivity contribution in [1.82, 2.24) is 0 Å². The zero-order valence-corrected chi connectivity index (χ0v) is 11.0. The van der Waals surface area contributed by atoms with E-state index < -0.39 is 11.2 Å². The maximum atomic E-state index is 10.7. The maximum absolute atomic E-state index is 10.7. The normalized spacial score (nSPS) is 13.5. The molecule has 0 saturated heterocycles. The Bertz CT molecular complexity index is 363. The highest BCUT2D eigenvalue weighted by Crippen LogP contribution is 2.27. The Morgan fingerprint density at radius 1 is 1.25 bits per heavy atom. The second kappa shape index (κ2) is 4.91. The van der Waals surface area contributed by atoms with Gasteiger partial charge < -0.3 is 5.11 Å². The van der Waals surface area contributed by atoms with Gasteiger partial charge in [-0.05, 0) is 30.0 Å². The number of carboxylic acid groups (broad SMARTS) is 1. The Balaban J connectivity index is 2.76. The summed E-state index contributed by atoms with van der Waals surface area (Å²) in [5, 5.41) is 8.40. The molecule has 1 rings (SSSR count).